The fourth-order valence-corrected chi connectivity index (χ4v) is 4.91. The second kappa shape index (κ2) is 7.61. The molecule has 0 aromatic heterocycles. The molecule has 0 N–H and O–H groups in total. The van der Waals surface area contributed by atoms with Crippen LogP contribution in [-0.4, -0.2) is 22.6 Å². The van der Waals surface area contributed by atoms with Crippen LogP contribution in [0.4, 0.5) is 0 Å². The quantitative estimate of drug-likeness (QED) is 0.510. The molecule has 0 amide bonds. The predicted octanol–water partition coefficient (Wildman–Crippen LogP) is 2.19. The molecule has 0 aliphatic carbocycles. The molecule has 1 heterocycles. The maximum Gasteiger partial charge on any atom is 1.00 e. The topological polar surface area (TPSA) is 27.7 Å². The molecule has 0 saturated carbocycles. The normalized spacial score (nSPS) is 14.8. The van der Waals surface area contributed by atoms with Crippen molar-refractivity contribution >= 4 is 36.6 Å². The van der Waals surface area contributed by atoms with Gasteiger partial charge in [0, 0.05) is 11.1 Å². The Morgan fingerprint density at radius 2 is 1.26 bits per heavy atom. The fourth-order valence-electron chi connectivity index (χ4n) is 3.65. The molecule has 0 spiro atoms. The standard InChI is InChI=1S/C20H14O2.C2H5O.Al.Li.H/c21-17-11-9-13-5-1-3-7-15(13)19(17)20-16-8-4-2-6-14(16)10-12-18(20)22;1-2-3;;;/h1-12,21-22H;2H2,1H3;;;/q;-1;+2;+1;/p-2/i;;;;1+1. The molecule has 3 nitrogen and oxygen atoms in total. The van der Waals surface area contributed by atoms with Crippen molar-refractivity contribution < 1.29 is 30.2 Å². The fraction of sp³-hybridized carbons (Fsp3) is 0.0909. The van der Waals surface area contributed by atoms with Crippen molar-refractivity contribution in [3.05, 3.63) is 72.8 Å². The van der Waals surface area contributed by atoms with E-state index in [2.05, 4.69) is 24.3 Å². The zero-order valence-corrected chi connectivity index (χ0v) is 16.6. The summed E-state index contributed by atoms with van der Waals surface area (Å²) in [5, 5.41) is 4.40. The van der Waals surface area contributed by atoms with Crippen molar-refractivity contribution in [3.8, 4) is 22.6 Å². The first-order valence-electron chi connectivity index (χ1n) is 9.41. The molecule has 1 aliphatic rings. The second-order valence-electron chi connectivity index (χ2n) is 6.30. The van der Waals surface area contributed by atoms with Crippen LogP contribution >= 0.6 is 0 Å². The molecule has 4 aromatic rings. The molecule has 128 valence electrons. The van der Waals surface area contributed by atoms with Crippen molar-refractivity contribution in [2.24, 2.45) is 0 Å². The van der Waals surface area contributed by atoms with Crippen LogP contribution in [0.2, 0.25) is 0 Å². The van der Waals surface area contributed by atoms with Crippen LogP contribution in [0.15, 0.2) is 72.8 Å². The number of hydrogen-bond acceptors (Lipinski definition) is 3. The smallest absolute Gasteiger partial charge is 0.747 e. The minimum atomic E-state index is -3.95. The molecule has 0 fully saturated rings. The first-order chi connectivity index (χ1) is 13.2. The molecular weight excluding hydrogens is 346 g/mol. The zero-order valence-electron chi connectivity index (χ0n) is 16.4. The predicted molar refractivity (Wildman–Crippen MR) is 107 cm³/mol. The third-order valence-electron chi connectivity index (χ3n) is 4.78. The van der Waals surface area contributed by atoms with E-state index in [1.54, 1.807) is 0 Å². The SMILES string of the molecule is [2H][Al-]1([O]CC)[O]c2ccc3ccccc3c2-c2c(ccc3ccccc23)[O]1.[Li+]. The van der Waals surface area contributed by atoms with Gasteiger partial charge in [0.25, 0.3) is 0 Å². The first-order valence-corrected chi connectivity index (χ1v) is 10.3. The van der Waals surface area contributed by atoms with Crippen LogP contribution in [0.1, 0.15) is 6.92 Å². The van der Waals surface area contributed by atoms with Crippen molar-refractivity contribution in [3.63, 3.8) is 0 Å². The molecule has 27 heavy (non-hydrogen) atoms. The van der Waals surface area contributed by atoms with E-state index in [1.807, 2.05) is 55.5 Å². The first kappa shape index (κ1) is 17.2. The second-order valence-corrected chi connectivity index (χ2v) is 7.68. The summed E-state index contributed by atoms with van der Waals surface area (Å²) in [4.78, 5) is 0. The maximum atomic E-state index is 8.74. The largest absolute Gasteiger partial charge is 1.00 e. The van der Waals surface area contributed by atoms with Gasteiger partial charge in [-0.15, -0.1) is 0.939 Å². The van der Waals surface area contributed by atoms with E-state index < -0.39 is 15.0 Å². The number of benzene rings is 4. The monoisotopic (exact) mass is 365 g/mol. The van der Waals surface area contributed by atoms with Crippen molar-refractivity contribution in [2.75, 3.05) is 6.61 Å². The molecule has 1 aliphatic heterocycles. The van der Waals surface area contributed by atoms with E-state index in [-0.39, 0.29) is 18.9 Å². The van der Waals surface area contributed by atoms with Crippen molar-refractivity contribution in [1.82, 2.24) is 0 Å². The Hall–Kier alpha value is -1.91. The summed E-state index contributed by atoms with van der Waals surface area (Å²) in [7, 11) is 0. The van der Waals surface area contributed by atoms with Gasteiger partial charge in [-0.05, 0) is 47.2 Å². The van der Waals surface area contributed by atoms with Gasteiger partial charge in [0.1, 0.15) is 0 Å². The van der Waals surface area contributed by atoms with E-state index >= 15 is 0 Å². The maximum absolute atomic E-state index is 8.74. The number of rotatable bonds is 2. The van der Waals surface area contributed by atoms with E-state index in [4.69, 9.17) is 12.3 Å². The summed E-state index contributed by atoms with van der Waals surface area (Å²) in [5.41, 5.74) is 1.93. The average Bonchev–Trinajstić information content (AvgIpc) is 2.81. The molecule has 0 bridgehead atoms. The van der Waals surface area contributed by atoms with Crippen LogP contribution in [0.5, 0.6) is 11.5 Å². The van der Waals surface area contributed by atoms with Gasteiger partial charge in [-0.25, -0.2) is 0 Å². The summed E-state index contributed by atoms with van der Waals surface area (Å²) in [6, 6.07) is 24.4. The number of fused-ring (bicyclic) bond motifs is 7. The van der Waals surface area contributed by atoms with Gasteiger partial charge in [-0.3, -0.25) is 0 Å². The van der Waals surface area contributed by atoms with Crippen LogP contribution < -0.4 is 26.4 Å². The van der Waals surface area contributed by atoms with Gasteiger partial charge in [0.2, 0.25) is 0 Å². The Balaban J connectivity index is 0.00000192. The Labute approximate surface area is 176 Å². The minimum absolute atomic E-state index is 0. The molecule has 0 atom stereocenters. The minimum Gasteiger partial charge on any atom is -0.747 e. The summed E-state index contributed by atoms with van der Waals surface area (Å²) < 4.78 is 26.6. The van der Waals surface area contributed by atoms with Crippen LogP contribution in [0, 0.1) is 0 Å². The molecule has 4 aromatic carbocycles. The van der Waals surface area contributed by atoms with Crippen LogP contribution in [-0.2, 0) is 3.79 Å². The van der Waals surface area contributed by atoms with Crippen LogP contribution in [0.25, 0.3) is 32.7 Å². The van der Waals surface area contributed by atoms with E-state index in [0.29, 0.717) is 18.1 Å². The summed E-state index contributed by atoms with van der Waals surface area (Å²) in [6.45, 7) is 2.23. The third kappa shape index (κ3) is 3.15. The molecule has 5 heteroatoms. The summed E-state index contributed by atoms with van der Waals surface area (Å²) in [6.07, 6.45) is 0. The molecule has 5 rings (SSSR count). The van der Waals surface area contributed by atoms with Gasteiger partial charge < -0.3 is 11.4 Å². The number of hydrogen-bond donors (Lipinski definition) is 0. The molecular formula is C22H18AlLiO3. The molecule has 0 unspecified atom stereocenters. The molecule has 0 radical (unpaired) electrons. The summed E-state index contributed by atoms with van der Waals surface area (Å²) in [5.74, 6) is 1.30. The van der Waals surface area contributed by atoms with E-state index in [0.717, 1.165) is 32.7 Å². The van der Waals surface area contributed by atoms with Gasteiger partial charge in [0.05, 0.1) is 11.5 Å². The third-order valence-corrected chi connectivity index (χ3v) is 6.28. The summed E-state index contributed by atoms with van der Waals surface area (Å²) >= 11 is -3.95. The van der Waals surface area contributed by atoms with Crippen molar-refractivity contribution in [2.45, 2.75) is 6.92 Å². The van der Waals surface area contributed by atoms with E-state index in [9.17, 15) is 0 Å². The Bertz CT molecular complexity index is 1090. The molecule has 0 saturated heterocycles. The Morgan fingerprint density at radius 1 is 0.778 bits per heavy atom. The van der Waals surface area contributed by atoms with Gasteiger partial charge in [-0.2, -0.15) is 0 Å². The van der Waals surface area contributed by atoms with E-state index in [1.165, 1.54) is 0 Å². The Morgan fingerprint density at radius 3 is 1.74 bits per heavy atom. The van der Waals surface area contributed by atoms with Gasteiger partial charge in [0.15, 0.2) is 0 Å². The zero-order chi connectivity index (χ0) is 18.4. The average molecular weight is 365 g/mol. The van der Waals surface area contributed by atoms with Gasteiger partial charge in [-0.1, -0.05) is 60.7 Å². The van der Waals surface area contributed by atoms with Gasteiger partial charge >= 0.3 is 33.9 Å². The Kier molecular flexibility index (Phi) is 4.85. The van der Waals surface area contributed by atoms with Crippen molar-refractivity contribution in [1.29, 1.82) is 0.939 Å². The van der Waals surface area contributed by atoms with Crippen LogP contribution in [0.3, 0.4) is 0 Å².